The highest BCUT2D eigenvalue weighted by atomic mass is 16.1. The van der Waals surface area contributed by atoms with Gasteiger partial charge in [-0.2, -0.15) is 5.26 Å². The van der Waals surface area contributed by atoms with Gasteiger partial charge in [-0.15, -0.1) is 0 Å². The summed E-state index contributed by atoms with van der Waals surface area (Å²) in [4.78, 5) is 11.8. The first-order valence-corrected chi connectivity index (χ1v) is 5.24. The van der Waals surface area contributed by atoms with Gasteiger partial charge < -0.3 is 0 Å². The summed E-state index contributed by atoms with van der Waals surface area (Å²) in [5.74, 6) is 0.610. The standard InChI is InChI=1S/C11H15NO/c12-8-11-7-2-1-4-9(11)5-3-6-10(11)13/h9H,1-7H2/t9-,11-/m0/s1. The quantitative estimate of drug-likeness (QED) is 0.570. The number of nitriles is 1. The second kappa shape index (κ2) is 3.14. The fraction of sp³-hybridized carbons (Fsp3) is 0.818. The third-order valence-corrected chi connectivity index (χ3v) is 3.72. The van der Waals surface area contributed by atoms with Gasteiger partial charge in [0.25, 0.3) is 0 Å². The van der Waals surface area contributed by atoms with Crippen LogP contribution in [-0.4, -0.2) is 5.78 Å². The summed E-state index contributed by atoms with van der Waals surface area (Å²) >= 11 is 0. The molecule has 0 saturated heterocycles. The Morgan fingerprint density at radius 2 is 2.08 bits per heavy atom. The highest BCUT2D eigenvalue weighted by molar-refractivity contribution is 5.88. The highest BCUT2D eigenvalue weighted by Gasteiger charge is 2.48. The van der Waals surface area contributed by atoms with Gasteiger partial charge in [-0.1, -0.05) is 12.8 Å². The van der Waals surface area contributed by atoms with Crippen molar-refractivity contribution >= 4 is 5.78 Å². The lowest BCUT2D eigenvalue weighted by Crippen LogP contribution is -2.42. The van der Waals surface area contributed by atoms with Crippen LogP contribution in [0, 0.1) is 22.7 Å². The molecule has 0 aromatic carbocycles. The van der Waals surface area contributed by atoms with Crippen LogP contribution in [0.25, 0.3) is 0 Å². The fourth-order valence-corrected chi connectivity index (χ4v) is 2.94. The van der Waals surface area contributed by atoms with Gasteiger partial charge in [-0.05, 0) is 31.6 Å². The number of ketones is 1. The minimum absolute atomic E-state index is 0.228. The third-order valence-electron chi connectivity index (χ3n) is 3.72. The largest absolute Gasteiger partial charge is 0.298 e. The molecule has 0 aliphatic heterocycles. The van der Waals surface area contributed by atoms with Crippen LogP contribution in [0.3, 0.4) is 0 Å². The zero-order valence-electron chi connectivity index (χ0n) is 7.88. The lowest BCUT2D eigenvalue weighted by atomic mass is 9.59. The molecule has 13 heavy (non-hydrogen) atoms. The van der Waals surface area contributed by atoms with Gasteiger partial charge in [0.15, 0.2) is 5.78 Å². The number of carbonyl (C=O) groups is 1. The Balaban J connectivity index is 2.30. The summed E-state index contributed by atoms with van der Waals surface area (Å²) in [6.45, 7) is 0. The molecule has 0 amide bonds. The van der Waals surface area contributed by atoms with Crippen LogP contribution in [-0.2, 0) is 4.79 Å². The lowest BCUT2D eigenvalue weighted by molar-refractivity contribution is -0.133. The molecule has 0 bridgehead atoms. The van der Waals surface area contributed by atoms with Crippen molar-refractivity contribution in [1.82, 2.24) is 0 Å². The molecule has 0 unspecified atom stereocenters. The van der Waals surface area contributed by atoms with Crippen molar-refractivity contribution in [3.8, 4) is 6.07 Å². The molecule has 0 spiro atoms. The molecule has 2 saturated carbocycles. The smallest absolute Gasteiger partial charge is 0.153 e. The summed E-state index contributed by atoms with van der Waals surface area (Å²) < 4.78 is 0. The van der Waals surface area contributed by atoms with Crippen LogP contribution in [0.4, 0.5) is 0 Å². The number of hydrogen-bond donors (Lipinski definition) is 0. The van der Waals surface area contributed by atoms with Gasteiger partial charge in [0.1, 0.15) is 5.41 Å². The fourth-order valence-electron chi connectivity index (χ4n) is 2.94. The van der Waals surface area contributed by atoms with E-state index in [9.17, 15) is 10.1 Å². The number of fused-ring (bicyclic) bond motifs is 1. The van der Waals surface area contributed by atoms with Crippen LogP contribution >= 0.6 is 0 Å². The van der Waals surface area contributed by atoms with Gasteiger partial charge in [0.05, 0.1) is 6.07 Å². The van der Waals surface area contributed by atoms with E-state index in [4.69, 9.17) is 0 Å². The monoisotopic (exact) mass is 177 g/mol. The molecule has 0 aromatic rings. The number of nitrogens with zero attached hydrogens (tertiary/aromatic N) is 1. The average Bonchev–Trinajstić information content (AvgIpc) is 2.19. The summed E-state index contributed by atoms with van der Waals surface area (Å²) in [7, 11) is 0. The molecule has 2 aliphatic carbocycles. The van der Waals surface area contributed by atoms with Crippen molar-refractivity contribution in [2.45, 2.75) is 44.9 Å². The molecule has 0 heterocycles. The van der Waals surface area contributed by atoms with Gasteiger partial charge in [-0.3, -0.25) is 4.79 Å². The van der Waals surface area contributed by atoms with E-state index in [1.807, 2.05) is 0 Å². The Labute approximate surface area is 78.9 Å². The van der Waals surface area contributed by atoms with Crippen molar-refractivity contribution in [3.63, 3.8) is 0 Å². The van der Waals surface area contributed by atoms with E-state index in [-0.39, 0.29) is 5.78 Å². The van der Waals surface area contributed by atoms with Gasteiger partial charge in [0.2, 0.25) is 0 Å². The summed E-state index contributed by atoms with van der Waals surface area (Å²) in [6, 6.07) is 2.32. The van der Waals surface area contributed by atoms with E-state index < -0.39 is 5.41 Å². The Bertz CT molecular complexity index is 264. The van der Waals surface area contributed by atoms with E-state index in [1.165, 1.54) is 6.42 Å². The summed E-state index contributed by atoms with van der Waals surface area (Å²) in [5.41, 5.74) is -0.559. The van der Waals surface area contributed by atoms with Crippen LogP contribution < -0.4 is 0 Å². The first-order chi connectivity index (χ1) is 6.29. The predicted octanol–water partition coefficient (Wildman–Crippen LogP) is 2.44. The zero-order chi connectivity index (χ0) is 9.31. The van der Waals surface area contributed by atoms with E-state index in [0.29, 0.717) is 12.3 Å². The van der Waals surface area contributed by atoms with Crippen molar-refractivity contribution in [2.75, 3.05) is 0 Å². The van der Waals surface area contributed by atoms with Crippen LogP contribution in [0.5, 0.6) is 0 Å². The van der Waals surface area contributed by atoms with Crippen molar-refractivity contribution in [2.24, 2.45) is 11.3 Å². The normalized spacial score (nSPS) is 39.3. The van der Waals surface area contributed by atoms with Gasteiger partial charge in [0, 0.05) is 6.42 Å². The van der Waals surface area contributed by atoms with E-state index in [2.05, 4.69) is 6.07 Å². The number of Topliss-reactive ketones (excluding diaryl/α,β-unsaturated/α-hetero) is 1. The third kappa shape index (κ3) is 1.18. The minimum Gasteiger partial charge on any atom is -0.298 e. The number of rotatable bonds is 0. The first kappa shape index (κ1) is 8.74. The maximum Gasteiger partial charge on any atom is 0.153 e. The van der Waals surface area contributed by atoms with Crippen molar-refractivity contribution in [3.05, 3.63) is 0 Å². The van der Waals surface area contributed by atoms with Gasteiger partial charge in [-0.25, -0.2) is 0 Å². The number of hydrogen-bond acceptors (Lipinski definition) is 2. The number of carbonyl (C=O) groups excluding carboxylic acids is 1. The van der Waals surface area contributed by atoms with E-state index in [0.717, 1.165) is 32.1 Å². The molecule has 2 nitrogen and oxygen atoms in total. The second-order valence-electron chi connectivity index (χ2n) is 4.34. The van der Waals surface area contributed by atoms with E-state index in [1.54, 1.807) is 0 Å². The molecule has 2 aliphatic rings. The van der Waals surface area contributed by atoms with Crippen LogP contribution in [0.15, 0.2) is 0 Å². The van der Waals surface area contributed by atoms with Crippen LogP contribution in [0.2, 0.25) is 0 Å². The molecule has 0 radical (unpaired) electrons. The Hall–Kier alpha value is -0.840. The van der Waals surface area contributed by atoms with Gasteiger partial charge >= 0.3 is 0 Å². The predicted molar refractivity (Wildman–Crippen MR) is 48.9 cm³/mol. The van der Waals surface area contributed by atoms with Crippen molar-refractivity contribution in [1.29, 1.82) is 5.26 Å². The molecule has 0 N–H and O–H groups in total. The topological polar surface area (TPSA) is 40.9 Å². The Kier molecular flexibility index (Phi) is 2.11. The Morgan fingerprint density at radius 3 is 2.77 bits per heavy atom. The maximum absolute atomic E-state index is 11.8. The summed E-state index contributed by atoms with van der Waals surface area (Å²) in [5, 5.41) is 9.18. The molecule has 70 valence electrons. The van der Waals surface area contributed by atoms with E-state index >= 15 is 0 Å². The van der Waals surface area contributed by atoms with Crippen molar-refractivity contribution < 1.29 is 4.79 Å². The molecule has 2 atom stereocenters. The molecular formula is C11H15NO. The Morgan fingerprint density at radius 1 is 1.31 bits per heavy atom. The minimum atomic E-state index is -0.559. The highest BCUT2D eigenvalue weighted by Crippen LogP contribution is 2.47. The summed E-state index contributed by atoms with van der Waals surface area (Å²) in [6.07, 6.45) is 6.94. The second-order valence-corrected chi connectivity index (χ2v) is 4.34. The molecule has 2 heteroatoms. The maximum atomic E-state index is 11.8. The van der Waals surface area contributed by atoms with Crippen LogP contribution in [0.1, 0.15) is 44.9 Å². The lowest BCUT2D eigenvalue weighted by Gasteiger charge is -2.40. The SMILES string of the molecule is N#C[C@@]12CCCC[C@H]1CCCC2=O. The molecule has 2 fully saturated rings. The first-order valence-electron chi connectivity index (χ1n) is 5.24. The zero-order valence-corrected chi connectivity index (χ0v) is 7.88. The molecular weight excluding hydrogens is 162 g/mol. The molecule has 2 rings (SSSR count). The average molecular weight is 177 g/mol. The molecule has 0 aromatic heterocycles.